The van der Waals surface area contributed by atoms with Crippen LogP contribution >= 0.6 is 0 Å². The Morgan fingerprint density at radius 3 is 2.94 bits per heavy atom. The molecule has 2 aliphatic rings. The van der Waals surface area contributed by atoms with Crippen LogP contribution in [0.25, 0.3) is 0 Å². The lowest BCUT2D eigenvalue weighted by Crippen LogP contribution is -2.45. The summed E-state index contributed by atoms with van der Waals surface area (Å²) in [5, 5.41) is 0. The second-order valence-corrected chi connectivity index (χ2v) is 4.32. The number of rotatable bonds is 1. The van der Waals surface area contributed by atoms with Crippen LogP contribution in [-0.4, -0.2) is 24.4 Å². The van der Waals surface area contributed by atoms with Gasteiger partial charge in [0.25, 0.3) is 0 Å². The van der Waals surface area contributed by atoms with Crippen LogP contribution in [0.2, 0.25) is 0 Å². The lowest BCUT2D eigenvalue weighted by Gasteiger charge is -2.20. The molecule has 88 valence electrons. The smallest absolute Gasteiger partial charge is 0.246 e. The quantitative estimate of drug-likeness (QED) is 0.713. The number of nitrogens with one attached hydrogen (secondary N) is 2. The maximum atomic E-state index is 12.2. The minimum Gasteiger partial charge on any atom is -0.310 e. The molecule has 1 unspecified atom stereocenters. The molecule has 0 aliphatic carbocycles. The Kier molecular flexibility index (Phi) is 2.33. The fourth-order valence-corrected chi connectivity index (χ4v) is 2.36. The minimum absolute atomic E-state index is 0.0340. The molecule has 1 aromatic rings. The number of anilines is 1. The molecule has 2 aliphatic heterocycles. The molecule has 0 saturated carbocycles. The van der Waals surface area contributed by atoms with Crippen LogP contribution in [0.15, 0.2) is 24.3 Å². The van der Waals surface area contributed by atoms with E-state index in [1.54, 1.807) is 4.90 Å². The van der Waals surface area contributed by atoms with Crippen molar-refractivity contribution in [2.24, 2.45) is 0 Å². The summed E-state index contributed by atoms with van der Waals surface area (Å²) in [5.74, 6) is -0.163. The van der Waals surface area contributed by atoms with Gasteiger partial charge >= 0.3 is 0 Å². The minimum atomic E-state index is -0.436. The number of amides is 2. The second-order valence-electron chi connectivity index (χ2n) is 4.32. The molecule has 0 aromatic heterocycles. The first-order valence-electron chi connectivity index (χ1n) is 5.69. The third-order valence-electron chi connectivity index (χ3n) is 3.23. The van der Waals surface area contributed by atoms with Crippen LogP contribution in [0.1, 0.15) is 12.0 Å². The van der Waals surface area contributed by atoms with E-state index in [1.165, 1.54) is 5.56 Å². The lowest BCUT2D eigenvalue weighted by molar-refractivity contribution is -0.122. The Labute approximate surface area is 98.8 Å². The number of hydrogen-bond donors (Lipinski definition) is 2. The van der Waals surface area contributed by atoms with Crippen molar-refractivity contribution in [1.29, 1.82) is 0 Å². The number of nitrogens with zero attached hydrogens (tertiary/aromatic N) is 1. The van der Waals surface area contributed by atoms with Gasteiger partial charge in [0.15, 0.2) is 0 Å². The standard InChI is InChI=1S/C12H13N3O2/c16-11-7-9(13-14-11)12(17)15-6-5-8-3-1-2-4-10(8)15/h1-4,9,13H,5-7H2,(H,14,16). The van der Waals surface area contributed by atoms with Crippen molar-refractivity contribution in [1.82, 2.24) is 10.9 Å². The highest BCUT2D eigenvalue weighted by molar-refractivity contribution is 6.02. The summed E-state index contributed by atoms with van der Waals surface area (Å²) < 4.78 is 0. The molecule has 5 nitrogen and oxygen atoms in total. The van der Waals surface area contributed by atoms with Crippen LogP contribution in [0.4, 0.5) is 5.69 Å². The van der Waals surface area contributed by atoms with Gasteiger partial charge in [-0.2, -0.15) is 0 Å². The zero-order chi connectivity index (χ0) is 11.8. The van der Waals surface area contributed by atoms with Gasteiger partial charge in [0.1, 0.15) is 6.04 Å². The average Bonchev–Trinajstić information content (AvgIpc) is 2.94. The largest absolute Gasteiger partial charge is 0.310 e. The molecule has 0 radical (unpaired) electrons. The Balaban J connectivity index is 1.82. The molecule has 1 saturated heterocycles. The van der Waals surface area contributed by atoms with Crippen molar-refractivity contribution in [3.63, 3.8) is 0 Å². The fourth-order valence-electron chi connectivity index (χ4n) is 2.36. The number of hydrogen-bond acceptors (Lipinski definition) is 3. The van der Waals surface area contributed by atoms with Crippen LogP contribution in [-0.2, 0) is 16.0 Å². The zero-order valence-corrected chi connectivity index (χ0v) is 9.27. The molecule has 2 heterocycles. The van der Waals surface area contributed by atoms with Gasteiger partial charge < -0.3 is 4.90 Å². The number of carbonyl (C=O) groups is 2. The van der Waals surface area contributed by atoms with E-state index in [2.05, 4.69) is 10.9 Å². The van der Waals surface area contributed by atoms with E-state index in [1.807, 2.05) is 24.3 Å². The monoisotopic (exact) mass is 231 g/mol. The molecule has 1 fully saturated rings. The molecule has 1 atom stereocenters. The first-order chi connectivity index (χ1) is 8.25. The van der Waals surface area contributed by atoms with E-state index < -0.39 is 6.04 Å². The van der Waals surface area contributed by atoms with Crippen LogP contribution in [0.3, 0.4) is 0 Å². The Hall–Kier alpha value is -1.88. The predicted molar refractivity (Wildman–Crippen MR) is 62.2 cm³/mol. The molecule has 2 N–H and O–H groups in total. The number of hydrazine groups is 1. The van der Waals surface area contributed by atoms with E-state index in [-0.39, 0.29) is 18.2 Å². The van der Waals surface area contributed by atoms with Gasteiger partial charge in [-0.05, 0) is 18.1 Å². The van der Waals surface area contributed by atoms with E-state index >= 15 is 0 Å². The Morgan fingerprint density at radius 1 is 1.35 bits per heavy atom. The van der Waals surface area contributed by atoms with Crippen molar-refractivity contribution < 1.29 is 9.59 Å². The number of para-hydroxylation sites is 1. The number of benzene rings is 1. The highest BCUT2D eigenvalue weighted by atomic mass is 16.2. The second kappa shape index (κ2) is 3.85. The van der Waals surface area contributed by atoms with Crippen molar-refractivity contribution in [3.05, 3.63) is 29.8 Å². The van der Waals surface area contributed by atoms with Crippen LogP contribution in [0.5, 0.6) is 0 Å². The molecule has 1 aromatic carbocycles. The summed E-state index contributed by atoms with van der Waals surface area (Å²) in [6.45, 7) is 0.699. The molecule has 3 rings (SSSR count). The van der Waals surface area contributed by atoms with Gasteiger partial charge in [0, 0.05) is 12.2 Å². The molecule has 2 amide bonds. The van der Waals surface area contributed by atoms with Crippen molar-refractivity contribution in [2.45, 2.75) is 18.9 Å². The summed E-state index contributed by atoms with van der Waals surface area (Å²) >= 11 is 0. The highest BCUT2D eigenvalue weighted by Gasteiger charge is 2.34. The average molecular weight is 231 g/mol. The van der Waals surface area contributed by atoms with Gasteiger partial charge in [-0.15, -0.1) is 0 Å². The van der Waals surface area contributed by atoms with Crippen molar-refractivity contribution in [3.8, 4) is 0 Å². The van der Waals surface area contributed by atoms with E-state index in [0.29, 0.717) is 6.54 Å². The molecular weight excluding hydrogens is 218 g/mol. The maximum Gasteiger partial charge on any atom is 0.246 e. The summed E-state index contributed by atoms with van der Waals surface area (Å²) in [7, 11) is 0. The van der Waals surface area contributed by atoms with Gasteiger partial charge in [-0.3, -0.25) is 15.0 Å². The highest BCUT2D eigenvalue weighted by Crippen LogP contribution is 2.28. The van der Waals surface area contributed by atoms with Gasteiger partial charge in [-0.1, -0.05) is 18.2 Å². The maximum absolute atomic E-state index is 12.2. The molecule has 17 heavy (non-hydrogen) atoms. The Morgan fingerprint density at radius 2 is 2.18 bits per heavy atom. The first kappa shape index (κ1) is 10.3. The summed E-state index contributed by atoms with van der Waals surface area (Å²) in [6.07, 6.45) is 1.10. The van der Waals surface area contributed by atoms with Gasteiger partial charge in [0.05, 0.1) is 6.42 Å². The topological polar surface area (TPSA) is 61.4 Å². The Bertz CT molecular complexity index is 486. The summed E-state index contributed by atoms with van der Waals surface area (Å²) in [5.41, 5.74) is 7.35. The van der Waals surface area contributed by atoms with Crippen molar-refractivity contribution in [2.75, 3.05) is 11.4 Å². The van der Waals surface area contributed by atoms with E-state index in [9.17, 15) is 9.59 Å². The van der Waals surface area contributed by atoms with Crippen LogP contribution in [0, 0.1) is 0 Å². The fraction of sp³-hybridized carbons (Fsp3) is 0.333. The SMILES string of the molecule is O=C1CC(C(=O)N2CCc3ccccc32)NN1. The van der Waals surface area contributed by atoms with E-state index in [4.69, 9.17) is 0 Å². The predicted octanol–water partition coefficient (Wildman–Crippen LogP) is -0.0312. The lowest BCUT2D eigenvalue weighted by atomic mass is 10.1. The third kappa shape index (κ3) is 1.68. The third-order valence-corrected chi connectivity index (χ3v) is 3.23. The first-order valence-corrected chi connectivity index (χ1v) is 5.69. The summed E-state index contributed by atoms with van der Waals surface area (Å²) in [4.78, 5) is 25.1. The van der Waals surface area contributed by atoms with Gasteiger partial charge in [-0.25, -0.2) is 5.43 Å². The number of fused-ring (bicyclic) bond motifs is 1. The van der Waals surface area contributed by atoms with Gasteiger partial charge in [0.2, 0.25) is 11.8 Å². The molecule has 5 heteroatoms. The normalized spacial score (nSPS) is 22.5. The summed E-state index contributed by atoms with van der Waals surface area (Å²) in [6, 6.07) is 7.45. The van der Waals surface area contributed by atoms with Crippen molar-refractivity contribution >= 4 is 17.5 Å². The van der Waals surface area contributed by atoms with Crippen LogP contribution < -0.4 is 15.8 Å². The molecular formula is C12H13N3O2. The molecule has 0 bridgehead atoms. The van der Waals surface area contributed by atoms with E-state index in [0.717, 1.165) is 12.1 Å². The molecule has 0 spiro atoms. The zero-order valence-electron chi connectivity index (χ0n) is 9.27. The number of carbonyl (C=O) groups excluding carboxylic acids is 2.